The molecule has 1 atom stereocenters. The van der Waals surface area contributed by atoms with Crippen LogP contribution in [0.15, 0.2) is 33.9 Å². The Labute approximate surface area is 247 Å². The average molecular weight is 601 g/mol. The molecule has 1 aromatic carbocycles. The van der Waals surface area contributed by atoms with Crippen LogP contribution in [0, 0.1) is 0 Å². The Morgan fingerprint density at radius 3 is 2.26 bits per heavy atom. The van der Waals surface area contributed by atoms with Crippen molar-refractivity contribution in [3.8, 4) is 0 Å². The normalized spacial score (nSPS) is 13.0. The zero-order chi connectivity index (χ0) is 31.3. The highest BCUT2D eigenvalue weighted by Gasteiger charge is 2.28. The number of hydrogen-bond donors (Lipinski definition) is 1. The summed E-state index contributed by atoms with van der Waals surface area (Å²) in [5.74, 6) is 0.387. The molecule has 0 aliphatic carbocycles. The molecule has 0 saturated heterocycles. The second-order valence-electron chi connectivity index (χ2n) is 12.2. The molecule has 0 radical (unpaired) electrons. The predicted octanol–water partition coefficient (Wildman–Crippen LogP) is 4.85. The summed E-state index contributed by atoms with van der Waals surface area (Å²) in [6.07, 6.45) is -0.834. The highest BCUT2D eigenvalue weighted by Crippen LogP contribution is 2.28. The number of carbonyl (C=O) groups excluding carboxylic acids is 2. The molecule has 1 unspecified atom stereocenters. The summed E-state index contributed by atoms with van der Waals surface area (Å²) in [5.41, 5.74) is -1.56. The van der Waals surface area contributed by atoms with Crippen LogP contribution in [0.25, 0.3) is 22.1 Å². The van der Waals surface area contributed by atoms with Crippen molar-refractivity contribution in [1.82, 2.24) is 28.6 Å². The number of aromatic nitrogens is 5. The van der Waals surface area contributed by atoms with Crippen LogP contribution < -0.4 is 16.6 Å². The van der Waals surface area contributed by atoms with Crippen molar-refractivity contribution in [3.05, 3.63) is 61.6 Å². The molecular weight excluding hydrogens is 564 g/mol. The zero-order valence-electron chi connectivity index (χ0n) is 25.4. The van der Waals surface area contributed by atoms with Gasteiger partial charge in [-0.3, -0.25) is 13.9 Å². The van der Waals surface area contributed by atoms with Crippen LogP contribution in [-0.2, 0) is 30.1 Å². The first-order chi connectivity index (χ1) is 19.4. The smallest absolute Gasteiger partial charge is 0.419 e. The van der Waals surface area contributed by atoms with Gasteiger partial charge in [-0.2, -0.15) is 0 Å². The standard InChI is InChI=1S/C29H37ClN6O6/c1-10-19(31-25(38)41-28(2,3)4)22-32-23-21(33(22)8)24(37)35(26(39)34(23)9)15-16-14-17-18(30)12-11-13-20(17)36(16)27(40)42-29(5,6)7/h11-14,19H,10,15H2,1-9H3,(H,31,38). The van der Waals surface area contributed by atoms with Crippen molar-refractivity contribution < 1.29 is 19.1 Å². The largest absolute Gasteiger partial charge is 0.444 e. The van der Waals surface area contributed by atoms with Crippen molar-refractivity contribution in [2.24, 2.45) is 14.1 Å². The van der Waals surface area contributed by atoms with Crippen LogP contribution in [0.3, 0.4) is 0 Å². The van der Waals surface area contributed by atoms with Crippen LogP contribution in [0.1, 0.15) is 72.4 Å². The molecule has 0 aliphatic rings. The van der Waals surface area contributed by atoms with Gasteiger partial charge in [0.05, 0.1) is 23.8 Å². The van der Waals surface area contributed by atoms with Gasteiger partial charge in [0.25, 0.3) is 5.56 Å². The summed E-state index contributed by atoms with van der Waals surface area (Å²) >= 11 is 6.44. The number of nitrogens with zero attached hydrogens (tertiary/aromatic N) is 5. The third-order valence-electron chi connectivity index (χ3n) is 6.57. The number of halogens is 1. The fourth-order valence-electron chi connectivity index (χ4n) is 4.76. The molecule has 13 heteroatoms. The van der Waals surface area contributed by atoms with Gasteiger partial charge >= 0.3 is 17.9 Å². The molecule has 4 rings (SSSR count). The molecule has 3 aromatic heterocycles. The number of amides is 1. The van der Waals surface area contributed by atoms with Crippen LogP contribution >= 0.6 is 11.6 Å². The fourth-order valence-corrected chi connectivity index (χ4v) is 4.99. The minimum Gasteiger partial charge on any atom is -0.444 e. The van der Waals surface area contributed by atoms with Gasteiger partial charge in [0.15, 0.2) is 11.2 Å². The van der Waals surface area contributed by atoms with E-state index in [4.69, 9.17) is 21.1 Å². The Bertz CT molecular complexity index is 1820. The molecule has 12 nitrogen and oxygen atoms in total. The number of nitrogens with one attached hydrogen (secondary N) is 1. The lowest BCUT2D eigenvalue weighted by Crippen LogP contribution is -2.40. The van der Waals surface area contributed by atoms with E-state index in [-0.39, 0.29) is 17.7 Å². The summed E-state index contributed by atoms with van der Waals surface area (Å²) < 4.78 is 16.2. The molecule has 0 fully saturated rings. The number of carbonyl (C=O) groups is 2. The quantitative estimate of drug-likeness (QED) is 0.346. The number of aryl methyl sites for hydroxylation is 2. The molecule has 1 N–H and O–H groups in total. The molecule has 4 aromatic rings. The molecule has 226 valence electrons. The van der Waals surface area contributed by atoms with Gasteiger partial charge in [0.1, 0.15) is 17.0 Å². The van der Waals surface area contributed by atoms with Gasteiger partial charge < -0.3 is 19.4 Å². The number of fused-ring (bicyclic) bond motifs is 2. The molecule has 42 heavy (non-hydrogen) atoms. The minimum absolute atomic E-state index is 0.162. The van der Waals surface area contributed by atoms with Gasteiger partial charge in [0.2, 0.25) is 0 Å². The number of alkyl carbamates (subject to hydrolysis) is 1. The number of rotatable bonds is 5. The molecular formula is C29H37ClN6O6. The molecule has 0 aliphatic heterocycles. The Morgan fingerprint density at radius 2 is 1.67 bits per heavy atom. The fraction of sp³-hybridized carbons (Fsp3) is 0.483. The van der Waals surface area contributed by atoms with Gasteiger partial charge in [0, 0.05) is 24.5 Å². The molecule has 0 bridgehead atoms. The summed E-state index contributed by atoms with van der Waals surface area (Å²) in [6, 6.07) is 6.20. The van der Waals surface area contributed by atoms with E-state index >= 15 is 0 Å². The summed E-state index contributed by atoms with van der Waals surface area (Å²) in [4.78, 5) is 57.8. The van der Waals surface area contributed by atoms with Crippen LogP contribution in [0.5, 0.6) is 0 Å². The number of ether oxygens (including phenoxy) is 2. The third-order valence-corrected chi connectivity index (χ3v) is 6.90. The van der Waals surface area contributed by atoms with Gasteiger partial charge in [-0.25, -0.2) is 23.9 Å². The second kappa shape index (κ2) is 11.0. The predicted molar refractivity (Wildman–Crippen MR) is 160 cm³/mol. The maximum Gasteiger partial charge on any atom is 0.419 e. The number of hydrogen-bond acceptors (Lipinski definition) is 7. The Kier molecular flexibility index (Phi) is 8.07. The summed E-state index contributed by atoms with van der Waals surface area (Å²) in [5, 5.41) is 3.79. The Morgan fingerprint density at radius 1 is 1.02 bits per heavy atom. The van der Waals surface area contributed by atoms with Crippen molar-refractivity contribution in [1.29, 1.82) is 0 Å². The minimum atomic E-state index is -0.788. The van der Waals surface area contributed by atoms with Crippen molar-refractivity contribution in [2.75, 3.05) is 0 Å². The first-order valence-corrected chi connectivity index (χ1v) is 14.0. The van der Waals surface area contributed by atoms with Gasteiger partial charge in [-0.1, -0.05) is 24.6 Å². The highest BCUT2D eigenvalue weighted by atomic mass is 35.5. The van der Waals surface area contributed by atoms with Crippen molar-refractivity contribution in [3.63, 3.8) is 0 Å². The first-order valence-electron chi connectivity index (χ1n) is 13.6. The highest BCUT2D eigenvalue weighted by molar-refractivity contribution is 6.35. The van der Waals surface area contributed by atoms with E-state index in [9.17, 15) is 19.2 Å². The van der Waals surface area contributed by atoms with E-state index < -0.39 is 40.7 Å². The van der Waals surface area contributed by atoms with E-state index in [1.54, 1.807) is 77.4 Å². The van der Waals surface area contributed by atoms with Gasteiger partial charge in [-0.15, -0.1) is 0 Å². The van der Waals surface area contributed by atoms with E-state index in [1.807, 2.05) is 6.92 Å². The Hall–Kier alpha value is -4.06. The maximum atomic E-state index is 13.9. The molecule has 0 saturated carbocycles. The van der Waals surface area contributed by atoms with Crippen molar-refractivity contribution in [2.45, 2.75) is 78.7 Å². The lowest BCUT2D eigenvalue weighted by molar-refractivity contribution is 0.0496. The van der Waals surface area contributed by atoms with E-state index in [2.05, 4.69) is 10.3 Å². The zero-order valence-corrected chi connectivity index (χ0v) is 26.1. The molecule has 1 amide bonds. The lowest BCUT2D eigenvalue weighted by Gasteiger charge is -2.22. The van der Waals surface area contributed by atoms with Crippen LogP contribution in [0.4, 0.5) is 9.59 Å². The van der Waals surface area contributed by atoms with Crippen molar-refractivity contribution >= 4 is 45.9 Å². The van der Waals surface area contributed by atoms with Gasteiger partial charge in [-0.05, 0) is 66.2 Å². The molecule has 0 spiro atoms. The summed E-state index contributed by atoms with van der Waals surface area (Å²) in [6.45, 7) is 12.2. The number of imidazole rings is 1. The molecule has 3 heterocycles. The topological polar surface area (TPSA) is 131 Å². The third kappa shape index (κ3) is 5.94. The van der Waals surface area contributed by atoms with E-state index in [0.717, 1.165) is 4.57 Å². The van der Waals surface area contributed by atoms with E-state index in [0.29, 0.717) is 33.9 Å². The average Bonchev–Trinajstić information content (AvgIpc) is 3.40. The van der Waals surface area contributed by atoms with Crippen LogP contribution in [0.2, 0.25) is 5.02 Å². The SMILES string of the molecule is CCC(NC(=O)OC(C)(C)C)c1nc2c(c(=O)n(Cc3cc4c(Cl)cccc4n3C(=O)OC(C)(C)C)c(=O)n2C)n1C. The Balaban J connectivity index is 1.85. The maximum absolute atomic E-state index is 13.9. The monoisotopic (exact) mass is 600 g/mol. The van der Waals surface area contributed by atoms with Crippen LogP contribution in [-0.4, -0.2) is 46.6 Å². The van der Waals surface area contributed by atoms with E-state index in [1.165, 1.54) is 16.2 Å². The first kappa shape index (κ1) is 30.9. The number of benzene rings is 1. The second-order valence-corrected chi connectivity index (χ2v) is 12.6. The lowest BCUT2D eigenvalue weighted by atomic mass is 10.2. The summed E-state index contributed by atoms with van der Waals surface area (Å²) in [7, 11) is 3.16.